The van der Waals surface area contributed by atoms with Crippen molar-refractivity contribution in [3.05, 3.63) is 35.9 Å². The van der Waals surface area contributed by atoms with E-state index in [1.54, 1.807) is 13.2 Å². The minimum atomic E-state index is -0.236. The third-order valence-electron chi connectivity index (χ3n) is 1.96. The molecule has 16 heavy (non-hydrogen) atoms. The Bertz CT molecular complexity index is 374. The molecule has 0 aliphatic rings. The van der Waals surface area contributed by atoms with Crippen LogP contribution in [0.25, 0.3) is 6.08 Å². The number of methoxy groups -OCH3 is 1. The summed E-state index contributed by atoms with van der Waals surface area (Å²) in [5.41, 5.74) is 0.837. The zero-order chi connectivity index (χ0) is 11.8. The van der Waals surface area contributed by atoms with Gasteiger partial charge in [0.1, 0.15) is 5.75 Å². The minimum Gasteiger partial charge on any atom is -0.496 e. The molecular formula is C12H15NO3. The monoisotopic (exact) mass is 221 g/mol. The van der Waals surface area contributed by atoms with Crippen LogP contribution in [-0.2, 0) is 4.79 Å². The summed E-state index contributed by atoms with van der Waals surface area (Å²) in [6.07, 6.45) is 3.08. The van der Waals surface area contributed by atoms with Gasteiger partial charge >= 0.3 is 0 Å². The largest absolute Gasteiger partial charge is 0.496 e. The number of para-hydroxylation sites is 1. The van der Waals surface area contributed by atoms with E-state index >= 15 is 0 Å². The van der Waals surface area contributed by atoms with E-state index in [-0.39, 0.29) is 19.1 Å². The predicted octanol–water partition coefficient (Wildman–Crippen LogP) is 0.817. The van der Waals surface area contributed by atoms with Gasteiger partial charge in [-0.05, 0) is 12.1 Å². The number of amides is 1. The molecule has 1 aromatic carbocycles. The molecule has 86 valence electrons. The predicted molar refractivity (Wildman–Crippen MR) is 62.1 cm³/mol. The molecule has 2 N–H and O–H groups in total. The number of rotatable bonds is 5. The molecule has 0 spiro atoms. The lowest BCUT2D eigenvalue weighted by Crippen LogP contribution is -2.24. The van der Waals surface area contributed by atoms with Crippen LogP contribution in [-0.4, -0.2) is 31.3 Å². The first-order valence-electron chi connectivity index (χ1n) is 4.97. The van der Waals surface area contributed by atoms with Gasteiger partial charge in [-0.2, -0.15) is 0 Å². The average molecular weight is 221 g/mol. The molecule has 0 saturated heterocycles. The highest BCUT2D eigenvalue weighted by atomic mass is 16.5. The second-order valence-electron chi connectivity index (χ2n) is 3.09. The number of hydrogen-bond donors (Lipinski definition) is 2. The van der Waals surface area contributed by atoms with E-state index in [1.165, 1.54) is 6.08 Å². The number of carbonyl (C=O) groups excluding carboxylic acids is 1. The maximum Gasteiger partial charge on any atom is 0.244 e. The molecule has 1 amide bonds. The van der Waals surface area contributed by atoms with Gasteiger partial charge in [0.15, 0.2) is 0 Å². The maximum atomic E-state index is 11.2. The van der Waals surface area contributed by atoms with Crippen molar-refractivity contribution in [2.75, 3.05) is 20.3 Å². The minimum absolute atomic E-state index is 0.0613. The standard InChI is InChI=1S/C12H15NO3/c1-16-11-5-3-2-4-10(11)6-7-12(15)13-8-9-14/h2-7,14H,8-9H2,1H3,(H,13,15)/b7-6+. The third kappa shape index (κ3) is 3.74. The fourth-order valence-electron chi connectivity index (χ4n) is 1.21. The third-order valence-corrected chi connectivity index (χ3v) is 1.96. The van der Waals surface area contributed by atoms with Crippen molar-refractivity contribution in [3.63, 3.8) is 0 Å². The summed E-state index contributed by atoms with van der Waals surface area (Å²) in [6.45, 7) is 0.198. The van der Waals surface area contributed by atoms with Crippen molar-refractivity contribution >= 4 is 12.0 Å². The first kappa shape index (κ1) is 12.3. The number of benzene rings is 1. The van der Waals surface area contributed by atoms with Crippen LogP contribution in [0.3, 0.4) is 0 Å². The number of hydrogen-bond acceptors (Lipinski definition) is 3. The Labute approximate surface area is 94.6 Å². The molecule has 4 nitrogen and oxygen atoms in total. The Hall–Kier alpha value is -1.81. The van der Waals surface area contributed by atoms with E-state index < -0.39 is 0 Å². The number of aliphatic hydroxyl groups is 1. The van der Waals surface area contributed by atoms with Crippen LogP contribution in [0.15, 0.2) is 30.3 Å². The van der Waals surface area contributed by atoms with Gasteiger partial charge in [0, 0.05) is 18.2 Å². The summed E-state index contributed by atoms with van der Waals surface area (Å²) < 4.78 is 5.14. The number of aliphatic hydroxyl groups excluding tert-OH is 1. The van der Waals surface area contributed by atoms with Crippen LogP contribution in [0.2, 0.25) is 0 Å². The SMILES string of the molecule is COc1ccccc1/C=C/C(=O)NCCO. The first-order chi connectivity index (χ1) is 7.77. The van der Waals surface area contributed by atoms with E-state index in [2.05, 4.69) is 5.32 Å². The lowest BCUT2D eigenvalue weighted by molar-refractivity contribution is -0.116. The van der Waals surface area contributed by atoms with Crippen molar-refractivity contribution in [1.82, 2.24) is 5.32 Å². The van der Waals surface area contributed by atoms with E-state index in [0.717, 1.165) is 5.56 Å². The topological polar surface area (TPSA) is 58.6 Å². The number of nitrogens with one attached hydrogen (secondary N) is 1. The quantitative estimate of drug-likeness (QED) is 0.724. The molecule has 0 aromatic heterocycles. The van der Waals surface area contributed by atoms with Crippen LogP contribution in [0.4, 0.5) is 0 Å². The number of carbonyl (C=O) groups is 1. The zero-order valence-electron chi connectivity index (χ0n) is 9.14. The van der Waals surface area contributed by atoms with E-state index in [9.17, 15) is 4.79 Å². The Morgan fingerprint density at radius 2 is 2.25 bits per heavy atom. The summed E-state index contributed by atoms with van der Waals surface area (Å²) in [6, 6.07) is 7.41. The molecule has 0 radical (unpaired) electrons. The summed E-state index contributed by atoms with van der Waals surface area (Å²) >= 11 is 0. The fourth-order valence-corrected chi connectivity index (χ4v) is 1.21. The molecule has 1 rings (SSSR count). The Kier molecular flexibility index (Phi) is 5.08. The van der Waals surface area contributed by atoms with Gasteiger partial charge in [0.2, 0.25) is 5.91 Å². The smallest absolute Gasteiger partial charge is 0.244 e. The first-order valence-corrected chi connectivity index (χ1v) is 4.97. The van der Waals surface area contributed by atoms with Gasteiger partial charge in [0.25, 0.3) is 0 Å². The maximum absolute atomic E-state index is 11.2. The highest BCUT2D eigenvalue weighted by Crippen LogP contribution is 2.18. The molecule has 0 aliphatic heterocycles. The lowest BCUT2D eigenvalue weighted by atomic mass is 10.2. The molecule has 0 saturated carbocycles. The lowest BCUT2D eigenvalue weighted by Gasteiger charge is -2.03. The van der Waals surface area contributed by atoms with Crippen molar-refractivity contribution in [3.8, 4) is 5.75 Å². The van der Waals surface area contributed by atoms with Gasteiger partial charge in [0.05, 0.1) is 13.7 Å². The highest BCUT2D eigenvalue weighted by Gasteiger charge is 1.98. The zero-order valence-corrected chi connectivity index (χ0v) is 9.14. The van der Waals surface area contributed by atoms with E-state index in [0.29, 0.717) is 5.75 Å². The van der Waals surface area contributed by atoms with Gasteiger partial charge in [-0.3, -0.25) is 4.79 Å². The summed E-state index contributed by atoms with van der Waals surface area (Å²) in [5, 5.41) is 11.0. The van der Waals surface area contributed by atoms with Crippen LogP contribution >= 0.6 is 0 Å². The fraction of sp³-hybridized carbons (Fsp3) is 0.250. The summed E-state index contributed by atoms with van der Waals surface area (Å²) in [5.74, 6) is 0.480. The normalized spacial score (nSPS) is 10.4. The molecule has 0 atom stereocenters. The highest BCUT2D eigenvalue weighted by molar-refractivity contribution is 5.92. The van der Waals surface area contributed by atoms with Crippen molar-refractivity contribution in [2.24, 2.45) is 0 Å². The second kappa shape index (κ2) is 6.63. The molecule has 1 aromatic rings. The summed E-state index contributed by atoms with van der Waals surface area (Å²) in [4.78, 5) is 11.2. The van der Waals surface area contributed by atoms with Crippen LogP contribution in [0.1, 0.15) is 5.56 Å². The van der Waals surface area contributed by atoms with Crippen molar-refractivity contribution < 1.29 is 14.6 Å². The molecule has 0 aliphatic carbocycles. The van der Waals surface area contributed by atoms with Gasteiger partial charge in [-0.1, -0.05) is 18.2 Å². The Morgan fingerprint density at radius 1 is 1.50 bits per heavy atom. The van der Waals surface area contributed by atoms with Crippen LogP contribution in [0.5, 0.6) is 5.75 Å². The van der Waals surface area contributed by atoms with Crippen LogP contribution < -0.4 is 10.1 Å². The van der Waals surface area contributed by atoms with Gasteiger partial charge < -0.3 is 15.2 Å². The Balaban J connectivity index is 2.64. The molecular weight excluding hydrogens is 206 g/mol. The molecule has 0 fully saturated rings. The second-order valence-corrected chi connectivity index (χ2v) is 3.09. The van der Waals surface area contributed by atoms with Crippen molar-refractivity contribution in [2.45, 2.75) is 0 Å². The van der Waals surface area contributed by atoms with Crippen molar-refractivity contribution in [1.29, 1.82) is 0 Å². The van der Waals surface area contributed by atoms with Crippen LogP contribution in [0, 0.1) is 0 Å². The van der Waals surface area contributed by atoms with Gasteiger partial charge in [-0.25, -0.2) is 0 Å². The molecule has 4 heteroatoms. The molecule has 0 unspecified atom stereocenters. The van der Waals surface area contributed by atoms with E-state index in [4.69, 9.17) is 9.84 Å². The number of ether oxygens (including phenoxy) is 1. The molecule has 0 bridgehead atoms. The van der Waals surface area contributed by atoms with E-state index in [1.807, 2.05) is 24.3 Å². The summed E-state index contributed by atoms with van der Waals surface area (Å²) in [7, 11) is 1.58. The average Bonchev–Trinajstić information content (AvgIpc) is 2.34. The van der Waals surface area contributed by atoms with Gasteiger partial charge in [-0.15, -0.1) is 0 Å². The molecule has 0 heterocycles. The Morgan fingerprint density at radius 3 is 2.94 bits per heavy atom.